The number of hydrogen-bond donors (Lipinski definition) is 3. The maximum absolute atomic E-state index is 11.3. The first-order valence-electron chi connectivity index (χ1n) is 9.33. The summed E-state index contributed by atoms with van der Waals surface area (Å²) < 4.78 is 16.0. The highest BCUT2D eigenvalue weighted by Crippen LogP contribution is 2.16. The Morgan fingerprint density at radius 3 is 2.21 bits per heavy atom. The number of ether oxygens (including phenoxy) is 3. The van der Waals surface area contributed by atoms with Gasteiger partial charge in [-0.15, -0.1) is 0 Å². The minimum atomic E-state index is -0.897. The summed E-state index contributed by atoms with van der Waals surface area (Å²) in [6.45, 7) is 10.2. The van der Waals surface area contributed by atoms with Crippen LogP contribution in [0.25, 0.3) is 0 Å². The van der Waals surface area contributed by atoms with Gasteiger partial charge in [-0.05, 0) is 19.1 Å². The first-order chi connectivity index (χ1) is 13.2. The molecule has 0 amide bonds. The molecule has 0 bridgehead atoms. The van der Waals surface area contributed by atoms with Crippen molar-refractivity contribution in [2.75, 3.05) is 44.9 Å². The second-order valence-electron chi connectivity index (χ2n) is 7.63. The van der Waals surface area contributed by atoms with E-state index in [0.717, 1.165) is 5.69 Å². The molecule has 0 spiro atoms. The van der Waals surface area contributed by atoms with Gasteiger partial charge in [0.15, 0.2) is 0 Å². The Kier molecular flexibility index (Phi) is 10.8. The maximum atomic E-state index is 11.3. The van der Waals surface area contributed by atoms with Crippen LogP contribution in [0.15, 0.2) is 42.5 Å². The molecule has 1 rings (SSSR count). The molecule has 0 aliphatic rings. The molecule has 0 fully saturated rings. The molecule has 28 heavy (non-hydrogen) atoms. The smallest absolute Gasteiger partial charge is 0.333 e. The lowest BCUT2D eigenvalue weighted by Crippen LogP contribution is -2.32. The highest BCUT2D eigenvalue weighted by Gasteiger charge is 2.20. The highest BCUT2D eigenvalue weighted by atomic mass is 16.5. The molecule has 0 heterocycles. The summed E-state index contributed by atoms with van der Waals surface area (Å²) in [7, 11) is 0. The number of anilines is 1. The fourth-order valence-corrected chi connectivity index (χ4v) is 2.18. The molecule has 3 N–H and O–H groups in total. The molecule has 0 saturated heterocycles. The minimum Gasteiger partial charge on any atom is -0.460 e. The fourth-order valence-electron chi connectivity index (χ4n) is 2.18. The molecule has 7 nitrogen and oxygen atoms in total. The number of benzene rings is 1. The lowest BCUT2D eigenvalue weighted by atomic mass is 9.96. The second kappa shape index (κ2) is 12.5. The van der Waals surface area contributed by atoms with Crippen LogP contribution < -0.4 is 5.32 Å². The van der Waals surface area contributed by atoms with E-state index in [1.165, 1.54) is 0 Å². The number of hydrogen-bond acceptors (Lipinski definition) is 7. The third-order valence-electron chi connectivity index (χ3n) is 3.68. The Morgan fingerprint density at radius 1 is 1.07 bits per heavy atom. The third kappa shape index (κ3) is 11.0. The van der Waals surface area contributed by atoms with E-state index in [4.69, 9.17) is 14.2 Å². The summed E-state index contributed by atoms with van der Waals surface area (Å²) in [5, 5.41) is 22.9. The van der Waals surface area contributed by atoms with E-state index in [9.17, 15) is 15.0 Å². The van der Waals surface area contributed by atoms with Crippen molar-refractivity contribution in [2.45, 2.75) is 33.0 Å². The van der Waals surface area contributed by atoms with E-state index < -0.39 is 18.2 Å². The molecule has 2 atom stereocenters. The number of aliphatic hydroxyl groups is 2. The highest BCUT2D eigenvalue weighted by molar-refractivity contribution is 5.86. The van der Waals surface area contributed by atoms with Crippen LogP contribution in [0.4, 0.5) is 5.69 Å². The first kappa shape index (κ1) is 24.1. The van der Waals surface area contributed by atoms with Crippen molar-refractivity contribution in [2.24, 2.45) is 5.41 Å². The summed E-state index contributed by atoms with van der Waals surface area (Å²) in [6, 6.07) is 9.65. The first-order valence-corrected chi connectivity index (χ1v) is 9.33. The monoisotopic (exact) mass is 395 g/mol. The Hall–Kier alpha value is -1.93. The van der Waals surface area contributed by atoms with E-state index in [2.05, 4.69) is 11.9 Å². The maximum Gasteiger partial charge on any atom is 0.333 e. The molecule has 0 aliphatic carbocycles. The Morgan fingerprint density at radius 2 is 1.64 bits per heavy atom. The molecular formula is C21H33NO6. The van der Waals surface area contributed by atoms with Crippen LogP contribution in [0.1, 0.15) is 20.8 Å². The summed E-state index contributed by atoms with van der Waals surface area (Å²) >= 11 is 0. The van der Waals surface area contributed by atoms with Crippen LogP contribution in [0.5, 0.6) is 0 Å². The van der Waals surface area contributed by atoms with Crippen molar-refractivity contribution in [1.29, 1.82) is 0 Å². The van der Waals surface area contributed by atoms with Gasteiger partial charge in [0.1, 0.15) is 12.7 Å². The van der Waals surface area contributed by atoms with Gasteiger partial charge in [0.05, 0.1) is 32.5 Å². The summed E-state index contributed by atoms with van der Waals surface area (Å²) in [4.78, 5) is 11.3. The van der Waals surface area contributed by atoms with Gasteiger partial charge in [-0.3, -0.25) is 0 Å². The number of esters is 1. The lowest BCUT2D eigenvalue weighted by molar-refractivity contribution is -0.143. The molecular weight excluding hydrogens is 362 g/mol. The Bertz CT molecular complexity index is 590. The minimum absolute atomic E-state index is 0.0521. The number of para-hydroxylation sites is 1. The van der Waals surface area contributed by atoms with Crippen LogP contribution in [-0.4, -0.2) is 68.0 Å². The number of rotatable bonds is 14. The third-order valence-corrected chi connectivity index (χ3v) is 3.68. The zero-order valence-electron chi connectivity index (χ0n) is 17.0. The van der Waals surface area contributed by atoms with E-state index in [1.807, 2.05) is 44.2 Å². The van der Waals surface area contributed by atoms with Gasteiger partial charge in [0.25, 0.3) is 0 Å². The summed E-state index contributed by atoms with van der Waals surface area (Å²) in [6.07, 6.45) is -1.52. The quantitative estimate of drug-likeness (QED) is 0.327. The molecule has 158 valence electrons. The van der Waals surface area contributed by atoms with E-state index >= 15 is 0 Å². The van der Waals surface area contributed by atoms with Gasteiger partial charge >= 0.3 is 5.97 Å². The van der Waals surface area contributed by atoms with Gasteiger partial charge in [-0.25, -0.2) is 4.79 Å². The molecule has 0 aromatic heterocycles. The predicted octanol–water partition coefficient (Wildman–Crippen LogP) is 2.00. The zero-order chi connectivity index (χ0) is 21.0. The van der Waals surface area contributed by atoms with Crippen molar-refractivity contribution in [3.05, 3.63) is 42.5 Å². The van der Waals surface area contributed by atoms with Crippen molar-refractivity contribution in [3.8, 4) is 0 Å². The van der Waals surface area contributed by atoms with Crippen LogP contribution in [0.3, 0.4) is 0 Å². The van der Waals surface area contributed by atoms with Gasteiger partial charge in [0.2, 0.25) is 0 Å². The van der Waals surface area contributed by atoms with Gasteiger partial charge in [-0.1, -0.05) is 38.6 Å². The van der Waals surface area contributed by atoms with Crippen molar-refractivity contribution in [1.82, 2.24) is 0 Å². The van der Waals surface area contributed by atoms with Gasteiger partial charge in [0, 0.05) is 23.2 Å². The van der Waals surface area contributed by atoms with Crippen molar-refractivity contribution >= 4 is 11.7 Å². The molecule has 2 unspecified atom stereocenters. The summed E-state index contributed by atoms with van der Waals surface area (Å²) in [5.41, 5.74) is 0.941. The van der Waals surface area contributed by atoms with Crippen molar-refractivity contribution < 1.29 is 29.2 Å². The number of carbonyl (C=O) groups excluding carboxylic acids is 1. The Labute approximate surface area is 167 Å². The van der Waals surface area contributed by atoms with E-state index in [-0.39, 0.29) is 30.8 Å². The van der Waals surface area contributed by atoms with Crippen LogP contribution in [-0.2, 0) is 19.0 Å². The van der Waals surface area contributed by atoms with Gasteiger partial charge < -0.3 is 29.7 Å². The predicted molar refractivity (Wildman–Crippen MR) is 108 cm³/mol. The molecule has 1 aromatic rings. The van der Waals surface area contributed by atoms with Gasteiger partial charge in [-0.2, -0.15) is 0 Å². The number of aliphatic hydroxyl groups excluding tert-OH is 2. The van der Waals surface area contributed by atoms with Crippen LogP contribution >= 0.6 is 0 Å². The molecule has 0 radical (unpaired) electrons. The van der Waals surface area contributed by atoms with Crippen LogP contribution in [0.2, 0.25) is 0 Å². The average Bonchev–Trinajstić information content (AvgIpc) is 2.64. The molecule has 1 aromatic carbocycles. The van der Waals surface area contributed by atoms with Crippen LogP contribution in [0, 0.1) is 5.41 Å². The largest absolute Gasteiger partial charge is 0.460 e. The normalized spacial score (nSPS) is 13.6. The standard InChI is InChI=1S/C21H33NO6/c1-16(2)20(25)28-13-19(24)12-27-15-21(3,4)14-26-11-18(23)10-22-17-8-6-5-7-9-17/h5-9,18-19,22-24H,1,10-15H2,2-4H3. The molecule has 0 saturated carbocycles. The topological polar surface area (TPSA) is 97.3 Å². The Balaban J connectivity index is 2.14. The lowest BCUT2D eigenvalue weighted by Gasteiger charge is -2.25. The van der Waals surface area contributed by atoms with E-state index in [1.54, 1.807) is 6.92 Å². The number of carbonyl (C=O) groups is 1. The van der Waals surface area contributed by atoms with Crippen molar-refractivity contribution in [3.63, 3.8) is 0 Å². The SMILES string of the molecule is C=C(C)C(=O)OCC(O)COCC(C)(C)COCC(O)CNc1ccccc1. The second-order valence-corrected chi connectivity index (χ2v) is 7.63. The molecule has 7 heteroatoms. The van der Waals surface area contributed by atoms with E-state index in [0.29, 0.717) is 19.8 Å². The average molecular weight is 395 g/mol. The summed E-state index contributed by atoms with van der Waals surface area (Å²) in [5.74, 6) is -0.534. The molecule has 0 aliphatic heterocycles. The number of nitrogens with one attached hydrogen (secondary N) is 1. The fraction of sp³-hybridized carbons (Fsp3) is 0.571. The zero-order valence-corrected chi connectivity index (χ0v) is 17.0.